The van der Waals surface area contributed by atoms with E-state index < -0.39 is 0 Å². The summed E-state index contributed by atoms with van der Waals surface area (Å²) in [5.74, 6) is 0.875. The topological polar surface area (TPSA) is 64.4 Å². The lowest BCUT2D eigenvalue weighted by atomic mass is 10.1. The van der Waals surface area contributed by atoms with Crippen molar-refractivity contribution in [2.45, 2.75) is 13.3 Å². The number of ether oxygens (including phenoxy) is 1. The highest BCUT2D eigenvalue weighted by atomic mass is 16.6. The lowest BCUT2D eigenvalue weighted by molar-refractivity contribution is -0.384. The summed E-state index contributed by atoms with van der Waals surface area (Å²) in [6.45, 7) is 2.59. The van der Waals surface area contributed by atoms with Crippen LogP contribution >= 0.6 is 0 Å². The number of nitrogens with zero attached hydrogens (tertiary/aromatic N) is 1. The first kappa shape index (κ1) is 14.8. The Kier molecular flexibility index (Phi) is 4.77. The van der Waals surface area contributed by atoms with Crippen molar-refractivity contribution in [2.75, 3.05) is 19.0 Å². The van der Waals surface area contributed by atoms with Crippen molar-refractivity contribution < 1.29 is 9.66 Å². The largest absolute Gasteiger partial charge is 0.496 e. The van der Waals surface area contributed by atoms with E-state index in [2.05, 4.69) is 5.32 Å². The molecule has 0 radical (unpaired) electrons. The number of benzene rings is 2. The highest BCUT2D eigenvalue weighted by Crippen LogP contribution is 2.22. The third-order valence-corrected chi connectivity index (χ3v) is 3.32. The number of hydrogen-bond donors (Lipinski definition) is 1. The van der Waals surface area contributed by atoms with Crippen LogP contribution in [0.15, 0.2) is 42.5 Å². The number of nitrogens with one attached hydrogen (secondary N) is 1. The van der Waals surface area contributed by atoms with Gasteiger partial charge in [0.1, 0.15) is 5.75 Å². The number of nitro groups is 1. The van der Waals surface area contributed by atoms with Gasteiger partial charge in [0.05, 0.1) is 12.0 Å². The van der Waals surface area contributed by atoms with Crippen LogP contribution in [-0.4, -0.2) is 18.6 Å². The van der Waals surface area contributed by atoms with E-state index in [1.807, 2.05) is 31.2 Å². The monoisotopic (exact) mass is 286 g/mol. The third kappa shape index (κ3) is 3.72. The second-order valence-electron chi connectivity index (χ2n) is 4.74. The minimum Gasteiger partial charge on any atom is -0.496 e. The molecule has 5 heteroatoms. The molecule has 110 valence electrons. The summed E-state index contributed by atoms with van der Waals surface area (Å²) >= 11 is 0. The van der Waals surface area contributed by atoms with Crippen molar-refractivity contribution in [1.82, 2.24) is 0 Å². The van der Waals surface area contributed by atoms with Gasteiger partial charge in [0.25, 0.3) is 5.69 Å². The quantitative estimate of drug-likeness (QED) is 0.651. The van der Waals surface area contributed by atoms with Gasteiger partial charge in [-0.2, -0.15) is 0 Å². The van der Waals surface area contributed by atoms with Gasteiger partial charge in [0.2, 0.25) is 0 Å². The number of nitro benzene ring substituents is 1. The van der Waals surface area contributed by atoms with Crippen molar-refractivity contribution >= 4 is 11.4 Å². The summed E-state index contributed by atoms with van der Waals surface area (Å²) in [5.41, 5.74) is 3.02. The number of anilines is 1. The van der Waals surface area contributed by atoms with Crippen LogP contribution in [0, 0.1) is 17.0 Å². The van der Waals surface area contributed by atoms with Crippen molar-refractivity contribution in [3.05, 3.63) is 63.7 Å². The Balaban J connectivity index is 1.99. The number of hydrogen-bond acceptors (Lipinski definition) is 4. The number of rotatable bonds is 6. The van der Waals surface area contributed by atoms with Crippen LogP contribution in [0.3, 0.4) is 0 Å². The van der Waals surface area contributed by atoms with E-state index in [1.165, 1.54) is 6.07 Å². The Hall–Kier alpha value is -2.56. The zero-order valence-corrected chi connectivity index (χ0v) is 12.1. The second kappa shape index (κ2) is 6.74. The van der Waals surface area contributed by atoms with E-state index >= 15 is 0 Å². The van der Waals surface area contributed by atoms with Gasteiger partial charge < -0.3 is 10.1 Å². The Morgan fingerprint density at radius 2 is 2.00 bits per heavy atom. The van der Waals surface area contributed by atoms with Crippen LogP contribution in [0.25, 0.3) is 0 Å². The molecule has 0 amide bonds. The van der Waals surface area contributed by atoms with Crippen LogP contribution in [0.5, 0.6) is 5.75 Å². The summed E-state index contributed by atoms with van der Waals surface area (Å²) in [6.07, 6.45) is 0.820. The molecule has 0 saturated carbocycles. The Morgan fingerprint density at radius 1 is 1.24 bits per heavy atom. The number of aryl methyl sites for hydroxylation is 1. The van der Waals surface area contributed by atoms with Gasteiger partial charge in [-0.05, 0) is 36.6 Å². The van der Waals surface area contributed by atoms with Gasteiger partial charge >= 0.3 is 0 Å². The van der Waals surface area contributed by atoms with Crippen LogP contribution in [0.4, 0.5) is 11.4 Å². The highest BCUT2D eigenvalue weighted by molar-refractivity contribution is 5.55. The SMILES string of the molecule is COc1ccccc1CCNc1ccc([N+](=O)[O-])cc1C. The maximum absolute atomic E-state index is 10.7. The van der Waals surface area contributed by atoms with Crippen molar-refractivity contribution in [3.63, 3.8) is 0 Å². The lowest BCUT2D eigenvalue weighted by Crippen LogP contribution is -2.07. The molecule has 0 aromatic heterocycles. The van der Waals surface area contributed by atoms with Gasteiger partial charge in [-0.15, -0.1) is 0 Å². The van der Waals surface area contributed by atoms with Crippen LogP contribution in [0.2, 0.25) is 0 Å². The molecule has 2 aromatic rings. The smallest absolute Gasteiger partial charge is 0.269 e. The summed E-state index contributed by atoms with van der Waals surface area (Å²) in [7, 11) is 1.66. The van der Waals surface area contributed by atoms with Crippen LogP contribution in [0.1, 0.15) is 11.1 Å². The summed E-state index contributed by atoms with van der Waals surface area (Å²) in [4.78, 5) is 10.3. The minimum atomic E-state index is -0.383. The normalized spacial score (nSPS) is 10.2. The number of non-ortho nitro benzene ring substituents is 1. The molecule has 1 N–H and O–H groups in total. The molecule has 5 nitrogen and oxygen atoms in total. The third-order valence-electron chi connectivity index (χ3n) is 3.32. The predicted molar refractivity (Wildman–Crippen MR) is 83.0 cm³/mol. The van der Waals surface area contributed by atoms with E-state index in [4.69, 9.17) is 4.74 Å². The van der Waals surface area contributed by atoms with Crippen molar-refractivity contribution in [2.24, 2.45) is 0 Å². The Morgan fingerprint density at radius 3 is 2.67 bits per heavy atom. The Labute approximate surface area is 123 Å². The van der Waals surface area contributed by atoms with E-state index in [9.17, 15) is 10.1 Å². The average molecular weight is 286 g/mol. The molecule has 0 fully saturated rings. The molecular weight excluding hydrogens is 268 g/mol. The maximum Gasteiger partial charge on any atom is 0.269 e. The molecule has 0 bridgehead atoms. The molecule has 0 aliphatic rings. The summed E-state index contributed by atoms with van der Waals surface area (Å²) in [6, 6.07) is 12.7. The van der Waals surface area contributed by atoms with Crippen molar-refractivity contribution in [3.8, 4) is 5.75 Å². The van der Waals surface area contributed by atoms with E-state index in [0.717, 1.165) is 35.5 Å². The molecule has 0 saturated heterocycles. The first-order valence-corrected chi connectivity index (χ1v) is 6.72. The van der Waals surface area contributed by atoms with Gasteiger partial charge in [0.15, 0.2) is 0 Å². The molecular formula is C16H18N2O3. The van der Waals surface area contributed by atoms with E-state index in [-0.39, 0.29) is 10.6 Å². The fourth-order valence-corrected chi connectivity index (χ4v) is 2.20. The van der Waals surface area contributed by atoms with Crippen LogP contribution < -0.4 is 10.1 Å². The van der Waals surface area contributed by atoms with Crippen molar-refractivity contribution in [1.29, 1.82) is 0 Å². The minimum absolute atomic E-state index is 0.114. The molecule has 0 aliphatic carbocycles. The summed E-state index contributed by atoms with van der Waals surface area (Å²) in [5, 5.41) is 14.0. The van der Waals surface area contributed by atoms with Crippen LogP contribution in [-0.2, 0) is 6.42 Å². The molecule has 0 heterocycles. The fourth-order valence-electron chi connectivity index (χ4n) is 2.20. The standard InChI is InChI=1S/C16H18N2O3/c1-12-11-14(18(19)20)7-8-15(12)17-10-9-13-5-3-4-6-16(13)21-2/h3-8,11,17H,9-10H2,1-2H3. The Bertz CT molecular complexity index is 641. The second-order valence-corrected chi connectivity index (χ2v) is 4.74. The molecule has 21 heavy (non-hydrogen) atoms. The molecule has 2 aromatic carbocycles. The van der Waals surface area contributed by atoms with E-state index in [0.29, 0.717) is 0 Å². The van der Waals surface area contributed by atoms with E-state index in [1.54, 1.807) is 19.2 Å². The fraction of sp³-hybridized carbons (Fsp3) is 0.250. The first-order valence-electron chi connectivity index (χ1n) is 6.72. The predicted octanol–water partition coefficient (Wildman–Crippen LogP) is 3.57. The molecule has 0 atom stereocenters. The molecule has 0 aliphatic heterocycles. The average Bonchev–Trinajstić information content (AvgIpc) is 2.49. The number of methoxy groups -OCH3 is 1. The van der Waals surface area contributed by atoms with Gasteiger partial charge in [-0.3, -0.25) is 10.1 Å². The first-order chi connectivity index (χ1) is 10.1. The zero-order valence-electron chi connectivity index (χ0n) is 12.1. The van der Waals surface area contributed by atoms with Gasteiger partial charge in [-0.25, -0.2) is 0 Å². The van der Waals surface area contributed by atoms with Gasteiger partial charge in [0, 0.05) is 24.4 Å². The number of para-hydroxylation sites is 1. The lowest BCUT2D eigenvalue weighted by Gasteiger charge is -2.11. The zero-order chi connectivity index (χ0) is 15.2. The maximum atomic E-state index is 10.7. The molecule has 0 unspecified atom stereocenters. The summed E-state index contributed by atoms with van der Waals surface area (Å²) < 4.78 is 5.31. The van der Waals surface area contributed by atoms with Gasteiger partial charge in [-0.1, -0.05) is 18.2 Å². The highest BCUT2D eigenvalue weighted by Gasteiger charge is 2.08. The molecule has 0 spiro atoms. The molecule has 2 rings (SSSR count).